The molecule has 9 nitrogen and oxygen atoms in total. The first kappa shape index (κ1) is 23.1. The van der Waals surface area contributed by atoms with Gasteiger partial charge in [-0.25, -0.2) is 0 Å². The lowest BCUT2D eigenvalue weighted by Gasteiger charge is -2.17. The van der Waals surface area contributed by atoms with Crippen LogP contribution in [0.25, 0.3) is 22.4 Å². The van der Waals surface area contributed by atoms with Gasteiger partial charge < -0.3 is 9.67 Å². The van der Waals surface area contributed by atoms with E-state index in [0.29, 0.717) is 11.4 Å². The number of pyridine rings is 1. The van der Waals surface area contributed by atoms with E-state index >= 15 is 0 Å². The highest BCUT2D eigenvalue weighted by Crippen LogP contribution is 2.36. The number of aryl methyl sites for hydroxylation is 1. The van der Waals surface area contributed by atoms with Gasteiger partial charge in [0.25, 0.3) is 5.56 Å². The van der Waals surface area contributed by atoms with E-state index < -0.39 is 5.97 Å². The maximum Gasteiger partial charge on any atom is 0.307 e. The Morgan fingerprint density at radius 2 is 1.92 bits per heavy atom. The van der Waals surface area contributed by atoms with Crippen LogP contribution in [0, 0.1) is 0 Å². The summed E-state index contributed by atoms with van der Waals surface area (Å²) in [4.78, 5) is 29.0. The van der Waals surface area contributed by atoms with E-state index in [1.165, 1.54) is 6.33 Å². The third-order valence-electron chi connectivity index (χ3n) is 6.82. The van der Waals surface area contributed by atoms with E-state index in [0.717, 1.165) is 57.8 Å². The monoisotopic (exact) mass is 512 g/mol. The Labute approximate surface area is 216 Å². The third kappa shape index (κ3) is 4.38. The first-order valence-corrected chi connectivity index (χ1v) is 12.2. The van der Waals surface area contributed by atoms with Crippen molar-refractivity contribution < 1.29 is 9.90 Å². The minimum absolute atomic E-state index is 0.00274. The first-order chi connectivity index (χ1) is 18.0. The summed E-state index contributed by atoms with van der Waals surface area (Å²) in [6, 6.07) is 16.5. The molecular weight excluding hydrogens is 492 g/mol. The predicted molar refractivity (Wildman–Crippen MR) is 139 cm³/mol. The lowest BCUT2D eigenvalue weighted by atomic mass is 9.97. The summed E-state index contributed by atoms with van der Waals surface area (Å²) in [5.41, 5.74) is 6.90. The summed E-state index contributed by atoms with van der Waals surface area (Å²) in [6.45, 7) is 0. The first-order valence-electron chi connectivity index (χ1n) is 11.8. The van der Waals surface area contributed by atoms with Gasteiger partial charge in [-0.15, -0.1) is 5.10 Å². The summed E-state index contributed by atoms with van der Waals surface area (Å²) in [6.07, 6.45) is 5.55. The highest BCUT2D eigenvalue weighted by molar-refractivity contribution is 6.31. The number of nitrogens with zero attached hydrogens (tertiary/aromatic N) is 6. The predicted octanol–water partition coefficient (Wildman–Crippen LogP) is 4.14. The topological polar surface area (TPSA) is 115 Å². The fourth-order valence-corrected chi connectivity index (χ4v) is 5.29. The van der Waals surface area contributed by atoms with Gasteiger partial charge in [-0.2, -0.15) is 4.68 Å². The molecule has 0 unspecified atom stereocenters. The van der Waals surface area contributed by atoms with Gasteiger partial charge in [0, 0.05) is 40.7 Å². The van der Waals surface area contributed by atoms with Gasteiger partial charge in [-0.1, -0.05) is 35.9 Å². The van der Waals surface area contributed by atoms with Crippen molar-refractivity contribution in [3.63, 3.8) is 0 Å². The molecule has 0 saturated carbocycles. The van der Waals surface area contributed by atoms with E-state index in [1.54, 1.807) is 16.8 Å². The van der Waals surface area contributed by atoms with E-state index in [-0.39, 0.29) is 18.0 Å². The standard InChI is InChI=1S/C27H21ClN6O3/c28-20-5-7-24(33-15-30-31-32-33)22(13-20)18-10-21-6-8-25(34(21)26(35)12-18)23-11-19(14-29-23)17-3-1-16(2-4-17)9-27(36)37/h1-5,7,10,12-15,25H,6,8-9,11H2,(H,36,37)/t25-/m0/s1. The van der Waals surface area contributed by atoms with Gasteiger partial charge in [-0.05, 0) is 69.8 Å². The maximum atomic E-state index is 13.4. The maximum absolute atomic E-state index is 13.4. The van der Waals surface area contributed by atoms with Crippen LogP contribution >= 0.6 is 11.6 Å². The van der Waals surface area contributed by atoms with Gasteiger partial charge in [0.2, 0.25) is 0 Å². The quantitative estimate of drug-likeness (QED) is 0.415. The van der Waals surface area contributed by atoms with Gasteiger partial charge in [0.1, 0.15) is 6.33 Å². The molecule has 0 aliphatic carbocycles. The van der Waals surface area contributed by atoms with Crippen LogP contribution in [0.15, 0.2) is 76.9 Å². The van der Waals surface area contributed by atoms with Crippen LogP contribution in [0.5, 0.6) is 0 Å². The molecule has 2 aliphatic heterocycles. The van der Waals surface area contributed by atoms with Crippen LogP contribution in [0.3, 0.4) is 0 Å². The average molecular weight is 513 g/mol. The molecule has 0 radical (unpaired) electrons. The second-order valence-corrected chi connectivity index (χ2v) is 9.57. The van der Waals surface area contributed by atoms with Gasteiger partial charge in [0.05, 0.1) is 18.2 Å². The van der Waals surface area contributed by atoms with Crippen molar-refractivity contribution in [2.24, 2.45) is 4.99 Å². The van der Waals surface area contributed by atoms with E-state index in [9.17, 15) is 9.59 Å². The number of carboxylic acid groups (broad SMARTS) is 1. The number of allylic oxidation sites excluding steroid dienone is 1. The summed E-state index contributed by atoms with van der Waals surface area (Å²) in [7, 11) is 0. The van der Waals surface area contributed by atoms with Crippen molar-refractivity contribution in [3.05, 3.63) is 99.3 Å². The molecule has 1 N–H and O–H groups in total. The molecule has 10 heteroatoms. The number of hydrogen-bond donors (Lipinski definition) is 1. The van der Waals surface area contributed by atoms with Crippen LogP contribution in [-0.2, 0) is 17.6 Å². The number of tetrazole rings is 1. The smallest absolute Gasteiger partial charge is 0.307 e. The Morgan fingerprint density at radius 1 is 1.08 bits per heavy atom. The van der Waals surface area contributed by atoms with Gasteiger partial charge in [0.15, 0.2) is 0 Å². The fourth-order valence-electron chi connectivity index (χ4n) is 5.12. The summed E-state index contributed by atoms with van der Waals surface area (Å²) < 4.78 is 3.39. The number of carbonyl (C=O) groups is 1. The Hall–Kier alpha value is -4.37. The molecule has 0 amide bonds. The number of aliphatic imine (C=N–C) groups is 1. The van der Waals surface area contributed by atoms with Crippen LogP contribution in [0.2, 0.25) is 5.02 Å². The highest BCUT2D eigenvalue weighted by atomic mass is 35.5. The molecule has 0 bridgehead atoms. The number of rotatable bonds is 6. The summed E-state index contributed by atoms with van der Waals surface area (Å²) in [5.74, 6) is -0.853. The second kappa shape index (κ2) is 9.25. The lowest BCUT2D eigenvalue weighted by molar-refractivity contribution is -0.136. The Bertz CT molecular complexity index is 1640. The number of aliphatic carboxylic acids is 1. The van der Waals surface area contributed by atoms with Gasteiger partial charge in [-0.3, -0.25) is 14.6 Å². The molecule has 2 aromatic carbocycles. The van der Waals surface area contributed by atoms with Crippen molar-refractivity contribution in [2.75, 3.05) is 0 Å². The largest absolute Gasteiger partial charge is 0.481 e. The number of benzene rings is 2. The molecule has 2 aromatic heterocycles. The number of hydrogen-bond acceptors (Lipinski definition) is 6. The van der Waals surface area contributed by atoms with Crippen molar-refractivity contribution in [3.8, 4) is 16.8 Å². The van der Waals surface area contributed by atoms with Crippen molar-refractivity contribution in [2.45, 2.75) is 31.7 Å². The highest BCUT2D eigenvalue weighted by Gasteiger charge is 2.30. The minimum atomic E-state index is -0.853. The van der Waals surface area contributed by atoms with Crippen LogP contribution in [-0.4, -0.2) is 41.6 Å². The number of aromatic nitrogens is 5. The van der Waals surface area contributed by atoms with E-state index in [1.807, 2.05) is 53.2 Å². The van der Waals surface area contributed by atoms with E-state index in [2.05, 4.69) is 20.5 Å². The molecule has 0 fully saturated rings. The second-order valence-electron chi connectivity index (χ2n) is 9.13. The molecule has 6 rings (SSSR count). The average Bonchev–Trinajstić information content (AvgIpc) is 3.65. The molecule has 2 aliphatic rings. The molecule has 4 heterocycles. The van der Waals surface area contributed by atoms with Crippen LogP contribution < -0.4 is 5.56 Å². The molecule has 0 spiro atoms. The molecule has 1 atom stereocenters. The molecule has 0 saturated heterocycles. The number of carboxylic acids is 1. The Morgan fingerprint density at radius 3 is 2.68 bits per heavy atom. The van der Waals surface area contributed by atoms with Crippen molar-refractivity contribution >= 4 is 28.9 Å². The summed E-state index contributed by atoms with van der Waals surface area (Å²) in [5, 5.41) is 21.0. The van der Waals surface area contributed by atoms with Crippen molar-refractivity contribution in [1.29, 1.82) is 0 Å². The van der Waals surface area contributed by atoms with E-state index in [4.69, 9.17) is 16.7 Å². The zero-order chi connectivity index (χ0) is 25.5. The lowest BCUT2D eigenvalue weighted by Crippen LogP contribution is -2.27. The van der Waals surface area contributed by atoms with Crippen LogP contribution in [0.4, 0.5) is 0 Å². The zero-order valence-electron chi connectivity index (χ0n) is 19.6. The summed E-state index contributed by atoms with van der Waals surface area (Å²) >= 11 is 6.30. The normalized spacial score (nSPS) is 16.4. The third-order valence-corrected chi connectivity index (χ3v) is 7.06. The zero-order valence-corrected chi connectivity index (χ0v) is 20.3. The number of fused-ring (bicyclic) bond motifs is 1. The molecule has 184 valence electrons. The van der Waals surface area contributed by atoms with Crippen LogP contribution in [0.1, 0.15) is 35.7 Å². The molecule has 37 heavy (non-hydrogen) atoms. The molecule has 4 aromatic rings. The SMILES string of the molecule is O=C(O)Cc1ccc(C2=CN=C([C@@H]3CCc4cc(-c5cc(Cl)ccc5-n5cnnn5)cc(=O)n43)C2)cc1. The molecular formula is C27H21ClN6O3. The Kier molecular flexibility index (Phi) is 5.77. The fraction of sp³-hybridized carbons (Fsp3) is 0.185. The van der Waals surface area contributed by atoms with Crippen molar-refractivity contribution in [1.82, 2.24) is 24.8 Å². The van der Waals surface area contributed by atoms with Gasteiger partial charge >= 0.3 is 5.97 Å². The number of halogens is 1. The minimum Gasteiger partial charge on any atom is -0.481 e. The Balaban J connectivity index is 1.26.